The lowest BCUT2D eigenvalue weighted by Crippen LogP contribution is -2.15. The maximum absolute atomic E-state index is 5.57. The van der Waals surface area contributed by atoms with E-state index in [0.717, 1.165) is 51.3 Å². The molecular formula is C19H35NO2. The van der Waals surface area contributed by atoms with Crippen LogP contribution in [0.4, 0.5) is 0 Å². The summed E-state index contributed by atoms with van der Waals surface area (Å²) in [5, 5.41) is 3.46. The lowest BCUT2D eigenvalue weighted by Gasteiger charge is -2.08. The second-order valence-corrected chi connectivity index (χ2v) is 5.30. The van der Waals surface area contributed by atoms with Crippen molar-refractivity contribution in [2.24, 2.45) is 0 Å². The molecule has 0 spiro atoms. The van der Waals surface area contributed by atoms with Crippen molar-refractivity contribution in [3.63, 3.8) is 0 Å². The predicted octanol–water partition coefficient (Wildman–Crippen LogP) is 4.80. The highest BCUT2D eigenvalue weighted by atomic mass is 16.5. The quantitative estimate of drug-likeness (QED) is 0.596. The molecule has 0 aliphatic rings. The largest absolute Gasteiger partial charge is 0.494 e. The highest BCUT2D eigenvalue weighted by Gasteiger charge is 1.96. The van der Waals surface area contributed by atoms with E-state index in [1.54, 1.807) is 0 Å². The van der Waals surface area contributed by atoms with Crippen LogP contribution in [0.5, 0.6) is 5.75 Å². The molecule has 0 aliphatic heterocycles. The number of unbranched alkanes of at least 4 members (excludes halogenated alkanes) is 1. The summed E-state index contributed by atoms with van der Waals surface area (Å²) in [6.07, 6.45) is 3.67. The minimum absolute atomic E-state index is 0.344. The van der Waals surface area contributed by atoms with Crippen LogP contribution < -0.4 is 10.1 Å². The van der Waals surface area contributed by atoms with Crippen molar-refractivity contribution in [1.29, 1.82) is 0 Å². The molecule has 0 radical (unpaired) electrons. The zero-order valence-corrected chi connectivity index (χ0v) is 15.2. The number of benzene rings is 1. The van der Waals surface area contributed by atoms with E-state index in [1.807, 2.05) is 26.0 Å². The van der Waals surface area contributed by atoms with Gasteiger partial charge in [-0.3, -0.25) is 0 Å². The lowest BCUT2D eigenvalue weighted by molar-refractivity contribution is 0.0760. The number of hydrogen-bond donors (Lipinski definition) is 1. The fourth-order valence-electron chi connectivity index (χ4n) is 1.83. The third-order valence-electron chi connectivity index (χ3n) is 2.92. The molecule has 0 aromatic heterocycles. The van der Waals surface area contributed by atoms with E-state index in [9.17, 15) is 0 Å². The molecule has 3 heteroatoms. The maximum atomic E-state index is 5.57. The lowest BCUT2D eigenvalue weighted by atomic mass is 10.2. The van der Waals surface area contributed by atoms with Crippen molar-refractivity contribution in [1.82, 2.24) is 5.32 Å². The molecule has 1 N–H and O–H groups in total. The van der Waals surface area contributed by atoms with Gasteiger partial charge in [0.2, 0.25) is 0 Å². The Hall–Kier alpha value is -1.06. The molecule has 1 aromatic rings. The summed E-state index contributed by atoms with van der Waals surface area (Å²) in [4.78, 5) is 0. The van der Waals surface area contributed by atoms with Gasteiger partial charge in [-0.2, -0.15) is 0 Å². The van der Waals surface area contributed by atoms with Gasteiger partial charge in [-0.05, 0) is 57.4 Å². The van der Waals surface area contributed by atoms with Crippen molar-refractivity contribution in [3.8, 4) is 5.75 Å². The standard InChI is InChI=1S/C17H29NO2.C2H6/c1-4-12-20-17-9-7-16(8-10-17)14-18-11-5-6-13-19-15(2)3;1-2/h7-10,15,18H,4-6,11-14H2,1-3H3;1-2H3. The van der Waals surface area contributed by atoms with E-state index in [1.165, 1.54) is 5.56 Å². The Bertz CT molecular complexity index is 336. The highest BCUT2D eigenvalue weighted by Crippen LogP contribution is 2.12. The summed E-state index contributed by atoms with van der Waals surface area (Å²) in [7, 11) is 0. The minimum atomic E-state index is 0.344. The van der Waals surface area contributed by atoms with E-state index in [-0.39, 0.29) is 0 Å². The second kappa shape index (κ2) is 14.9. The first kappa shape index (κ1) is 20.9. The van der Waals surface area contributed by atoms with Gasteiger partial charge in [0.25, 0.3) is 0 Å². The van der Waals surface area contributed by atoms with Crippen LogP contribution in [-0.2, 0) is 11.3 Å². The van der Waals surface area contributed by atoms with Gasteiger partial charge in [-0.1, -0.05) is 32.9 Å². The molecule has 0 saturated carbocycles. The van der Waals surface area contributed by atoms with Crippen molar-refractivity contribution >= 4 is 0 Å². The van der Waals surface area contributed by atoms with E-state index in [4.69, 9.17) is 9.47 Å². The summed E-state index contributed by atoms with van der Waals surface area (Å²) >= 11 is 0. The van der Waals surface area contributed by atoms with Gasteiger partial charge in [0.1, 0.15) is 5.75 Å². The molecule has 0 saturated heterocycles. The normalized spacial score (nSPS) is 10.3. The first-order valence-corrected chi connectivity index (χ1v) is 8.76. The summed E-state index contributed by atoms with van der Waals surface area (Å²) in [5.41, 5.74) is 1.30. The van der Waals surface area contributed by atoms with Crippen LogP contribution in [0, 0.1) is 0 Å². The fraction of sp³-hybridized carbons (Fsp3) is 0.684. The maximum Gasteiger partial charge on any atom is 0.119 e. The Labute approximate surface area is 137 Å². The van der Waals surface area contributed by atoms with Gasteiger partial charge in [-0.15, -0.1) is 0 Å². The Morgan fingerprint density at radius 1 is 1.00 bits per heavy atom. The molecule has 0 amide bonds. The van der Waals surface area contributed by atoms with E-state index < -0.39 is 0 Å². The van der Waals surface area contributed by atoms with Crippen LogP contribution in [0.1, 0.15) is 59.4 Å². The topological polar surface area (TPSA) is 30.5 Å². The van der Waals surface area contributed by atoms with Gasteiger partial charge in [0.15, 0.2) is 0 Å². The third-order valence-corrected chi connectivity index (χ3v) is 2.92. The van der Waals surface area contributed by atoms with E-state index in [0.29, 0.717) is 6.10 Å². The van der Waals surface area contributed by atoms with Gasteiger partial charge >= 0.3 is 0 Å². The summed E-state index contributed by atoms with van der Waals surface area (Å²) < 4.78 is 11.1. The first-order chi connectivity index (χ1) is 10.7. The first-order valence-electron chi connectivity index (χ1n) is 8.76. The molecule has 0 aliphatic carbocycles. The third kappa shape index (κ3) is 11.6. The van der Waals surface area contributed by atoms with Crippen LogP contribution in [-0.4, -0.2) is 25.9 Å². The smallest absolute Gasteiger partial charge is 0.119 e. The number of ether oxygens (including phenoxy) is 2. The van der Waals surface area contributed by atoms with E-state index >= 15 is 0 Å². The van der Waals surface area contributed by atoms with Gasteiger partial charge in [0.05, 0.1) is 12.7 Å². The Morgan fingerprint density at radius 2 is 1.68 bits per heavy atom. The highest BCUT2D eigenvalue weighted by molar-refractivity contribution is 5.27. The number of hydrogen-bond acceptors (Lipinski definition) is 3. The monoisotopic (exact) mass is 309 g/mol. The summed E-state index contributed by atoms with van der Waals surface area (Å²) in [6.45, 7) is 13.9. The Balaban J connectivity index is 0.00000211. The second-order valence-electron chi connectivity index (χ2n) is 5.30. The zero-order valence-electron chi connectivity index (χ0n) is 15.2. The van der Waals surface area contributed by atoms with Crippen molar-refractivity contribution < 1.29 is 9.47 Å². The molecule has 1 aromatic carbocycles. The van der Waals surface area contributed by atoms with Crippen LogP contribution in [0.25, 0.3) is 0 Å². The predicted molar refractivity (Wildman–Crippen MR) is 95.6 cm³/mol. The molecule has 3 nitrogen and oxygen atoms in total. The molecule has 1 rings (SSSR count). The Kier molecular flexibility index (Phi) is 14.1. The zero-order chi connectivity index (χ0) is 16.6. The average molecular weight is 309 g/mol. The van der Waals surface area contributed by atoms with Crippen LogP contribution in [0.2, 0.25) is 0 Å². The van der Waals surface area contributed by atoms with Gasteiger partial charge < -0.3 is 14.8 Å². The van der Waals surface area contributed by atoms with Crippen molar-refractivity contribution in [3.05, 3.63) is 29.8 Å². The molecule has 22 heavy (non-hydrogen) atoms. The van der Waals surface area contributed by atoms with Crippen molar-refractivity contribution in [2.75, 3.05) is 19.8 Å². The molecular weight excluding hydrogens is 274 g/mol. The van der Waals surface area contributed by atoms with Crippen molar-refractivity contribution in [2.45, 2.75) is 66.5 Å². The SMILES string of the molecule is CC.CCCOc1ccc(CNCCCCOC(C)C)cc1. The minimum Gasteiger partial charge on any atom is -0.494 e. The molecule has 0 fully saturated rings. The summed E-state index contributed by atoms with van der Waals surface area (Å²) in [5.74, 6) is 0.960. The van der Waals surface area contributed by atoms with E-state index in [2.05, 4.69) is 38.2 Å². The average Bonchev–Trinajstić information content (AvgIpc) is 2.54. The summed E-state index contributed by atoms with van der Waals surface area (Å²) in [6, 6.07) is 8.34. The molecule has 0 heterocycles. The Morgan fingerprint density at radius 3 is 2.27 bits per heavy atom. The van der Waals surface area contributed by atoms with Gasteiger partial charge in [0, 0.05) is 13.2 Å². The van der Waals surface area contributed by atoms with Gasteiger partial charge in [-0.25, -0.2) is 0 Å². The number of nitrogens with one attached hydrogen (secondary N) is 1. The van der Waals surface area contributed by atoms with Crippen LogP contribution >= 0.6 is 0 Å². The number of rotatable bonds is 11. The molecule has 128 valence electrons. The molecule has 0 unspecified atom stereocenters. The fourth-order valence-corrected chi connectivity index (χ4v) is 1.83. The molecule has 0 bridgehead atoms. The van der Waals surface area contributed by atoms with Crippen LogP contribution in [0.15, 0.2) is 24.3 Å². The van der Waals surface area contributed by atoms with Crippen LogP contribution in [0.3, 0.4) is 0 Å². The molecule has 0 atom stereocenters.